The molecule has 3 aromatic rings. The first-order valence-electron chi connectivity index (χ1n) is 10.7. The normalized spacial score (nSPS) is 12.3. The van der Waals surface area contributed by atoms with Crippen LogP contribution in [-0.2, 0) is 30.8 Å². The van der Waals surface area contributed by atoms with Gasteiger partial charge in [0.25, 0.3) is 0 Å². The summed E-state index contributed by atoms with van der Waals surface area (Å²) in [6.07, 6.45) is 5.35. The Morgan fingerprint density at radius 1 is 0.903 bits per heavy atom. The van der Waals surface area contributed by atoms with Gasteiger partial charge in [-0.25, -0.2) is 4.98 Å². The molecule has 5 nitrogen and oxygen atoms in total. The van der Waals surface area contributed by atoms with Crippen molar-refractivity contribution in [2.75, 3.05) is 0 Å². The number of carbonyl (C=O) groups excluding carboxylic acids is 2. The Hall–Kier alpha value is -3.47. The SMILES string of the molecule is O=C(CCC(=O)c1ccc2c(c1)CCC2)NCc1ccnc(OCc2ccccc2)c1. The first kappa shape index (κ1) is 20.8. The summed E-state index contributed by atoms with van der Waals surface area (Å²) in [5.74, 6) is 0.394. The van der Waals surface area contributed by atoms with Gasteiger partial charge < -0.3 is 10.1 Å². The molecule has 2 aromatic carbocycles. The lowest BCUT2D eigenvalue weighted by atomic mass is 10.0. The van der Waals surface area contributed by atoms with Crippen LogP contribution in [0.3, 0.4) is 0 Å². The molecular formula is C26H26N2O3. The molecule has 1 aliphatic carbocycles. The lowest BCUT2D eigenvalue weighted by Crippen LogP contribution is -2.23. The monoisotopic (exact) mass is 414 g/mol. The van der Waals surface area contributed by atoms with Crippen LogP contribution in [0.25, 0.3) is 0 Å². The zero-order valence-corrected chi connectivity index (χ0v) is 17.5. The molecule has 158 valence electrons. The second kappa shape index (κ2) is 10.0. The molecule has 0 radical (unpaired) electrons. The molecule has 1 N–H and O–H groups in total. The number of benzene rings is 2. The summed E-state index contributed by atoms with van der Waals surface area (Å²) < 4.78 is 5.73. The van der Waals surface area contributed by atoms with Crippen molar-refractivity contribution in [1.82, 2.24) is 10.3 Å². The zero-order valence-electron chi connectivity index (χ0n) is 17.5. The Morgan fingerprint density at radius 2 is 1.74 bits per heavy atom. The number of ether oxygens (including phenoxy) is 1. The number of amides is 1. The first-order valence-corrected chi connectivity index (χ1v) is 10.7. The minimum absolute atomic E-state index is 0.0189. The smallest absolute Gasteiger partial charge is 0.220 e. The van der Waals surface area contributed by atoms with Gasteiger partial charge in [-0.15, -0.1) is 0 Å². The second-order valence-corrected chi connectivity index (χ2v) is 7.81. The molecule has 1 aromatic heterocycles. The molecule has 0 saturated carbocycles. The fraction of sp³-hybridized carbons (Fsp3) is 0.269. The maximum atomic E-state index is 12.5. The van der Waals surface area contributed by atoms with E-state index in [0.717, 1.165) is 30.4 Å². The Labute approximate surface area is 182 Å². The number of nitrogens with one attached hydrogen (secondary N) is 1. The van der Waals surface area contributed by atoms with Gasteiger partial charge in [0.15, 0.2) is 5.78 Å². The average Bonchev–Trinajstić information content (AvgIpc) is 3.29. The highest BCUT2D eigenvalue weighted by atomic mass is 16.5. The fourth-order valence-corrected chi connectivity index (χ4v) is 3.78. The van der Waals surface area contributed by atoms with E-state index in [9.17, 15) is 9.59 Å². The van der Waals surface area contributed by atoms with Crippen LogP contribution >= 0.6 is 0 Å². The molecule has 1 amide bonds. The Bertz CT molecular complexity index is 1060. The van der Waals surface area contributed by atoms with Gasteiger partial charge in [-0.1, -0.05) is 42.5 Å². The van der Waals surface area contributed by atoms with E-state index in [-0.39, 0.29) is 24.5 Å². The molecule has 0 fully saturated rings. The fourth-order valence-electron chi connectivity index (χ4n) is 3.78. The van der Waals surface area contributed by atoms with E-state index < -0.39 is 0 Å². The Balaban J connectivity index is 1.23. The van der Waals surface area contributed by atoms with Gasteiger partial charge in [0, 0.05) is 37.2 Å². The highest BCUT2D eigenvalue weighted by molar-refractivity contribution is 5.98. The van der Waals surface area contributed by atoms with Crippen LogP contribution in [0, 0.1) is 0 Å². The number of Topliss-reactive ketones (excluding diaryl/α,β-unsaturated/α-hetero) is 1. The predicted octanol–water partition coefficient (Wildman–Crippen LogP) is 4.43. The van der Waals surface area contributed by atoms with Crippen LogP contribution in [-0.4, -0.2) is 16.7 Å². The Kier molecular flexibility index (Phi) is 6.72. The number of pyridine rings is 1. The quantitative estimate of drug-likeness (QED) is 0.526. The average molecular weight is 415 g/mol. The summed E-state index contributed by atoms with van der Waals surface area (Å²) in [5.41, 5.74) is 5.30. The summed E-state index contributed by atoms with van der Waals surface area (Å²) in [4.78, 5) is 28.9. The van der Waals surface area contributed by atoms with E-state index in [1.807, 2.05) is 54.6 Å². The van der Waals surface area contributed by atoms with Crippen LogP contribution in [0.4, 0.5) is 0 Å². The van der Waals surface area contributed by atoms with Crippen molar-refractivity contribution < 1.29 is 14.3 Å². The number of aryl methyl sites for hydroxylation is 2. The molecule has 1 heterocycles. The summed E-state index contributed by atoms with van der Waals surface area (Å²) in [6.45, 7) is 0.810. The van der Waals surface area contributed by atoms with E-state index in [1.54, 1.807) is 6.20 Å². The van der Waals surface area contributed by atoms with Crippen molar-refractivity contribution in [1.29, 1.82) is 0 Å². The summed E-state index contributed by atoms with van der Waals surface area (Å²) in [7, 11) is 0. The van der Waals surface area contributed by atoms with Crippen molar-refractivity contribution in [2.24, 2.45) is 0 Å². The molecular weight excluding hydrogens is 388 g/mol. The molecule has 1 aliphatic rings. The number of nitrogens with zero attached hydrogens (tertiary/aromatic N) is 1. The molecule has 0 saturated heterocycles. The van der Waals surface area contributed by atoms with Crippen LogP contribution in [0.1, 0.15) is 51.9 Å². The number of carbonyl (C=O) groups is 2. The van der Waals surface area contributed by atoms with E-state index in [4.69, 9.17) is 4.74 Å². The van der Waals surface area contributed by atoms with Crippen molar-refractivity contribution in [2.45, 2.75) is 45.3 Å². The van der Waals surface area contributed by atoms with Gasteiger partial charge in [-0.05, 0) is 53.6 Å². The lowest BCUT2D eigenvalue weighted by Gasteiger charge is -2.09. The minimum Gasteiger partial charge on any atom is -0.473 e. The van der Waals surface area contributed by atoms with E-state index in [1.165, 1.54) is 11.1 Å². The second-order valence-electron chi connectivity index (χ2n) is 7.81. The number of fused-ring (bicyclic) bond motifs is 1. The third-order valence-electron chi connectivity index (χ3n) is 5.52. The van der Waals surface area contributed by atoms with Crippen LogP contribution in [0.5, 0.6) is 5.88 Å². The maximum absolute atomic E-state index is 12.5. The third-order valence-corrected chi connectivity index (χ3v) is 5.52. The van der Waals surface area contributed by atoms with Gasteiger partial charge in [-0.3, -0.25) is 9.59 Å². The topological polar surface area (TPSA) is 68.3 Å². The largest absolute Gasteiger partial charge is 0.473 e. The number of rotatable bonds is 9. The maximum Gasteiger partial charge on any atom is 0.220 e. The predicted molar refractivity (Wildman–Crippen MR) is 119 cm³/mol. The molecule has 31 heavy (non-hydrogen) atoms. The van der Waals surface area contributed by atoms with Gasteiger partial charge in [0.05, 0.1) is 0 Å². The van der Waals surface area contributed by atoms with Gasteiger partial charge >= 0.3 is 0 Å². The number of hydrogen-bond donors (Lipinski definition) is 1. The summed E-state index contributed by atoms with van der Waals surface area (Å²) in [6, 6.07) is 19.5. The standard InChI is InChI=1S/C26H26N2O3/c29-24(23-10-9-21-7-4-8-22(21)16-23)11-12-25(30)28-17-20-13-14-27-26(15-20)31-18-19-5-2-1-3-6-19/h1-3,5-6,9-10,13-16H,4,7-8,11-12,17-18H2,(H,28,30). The van der Waals surface area contributed by atoms with Crippen LogP contribution in [0.2, 0.25) is 0 Å². The van der Waals surface area contributed by atoms with Crippen molar-refractivity contribution >= 4 is 11.7 Å². The molecule has 0 unspecified atom stereocenters. The van der Waals surface area contributed by atoms with Crippen molar-refractivity contribution in [3.05, 3.63) is 94.7 Å². The molecule has 0 aliphatic heterocycles. The number of ketones is 1. The highest BCUT2D eigenvalue weighted by Gasteiger charge is 2.15. The van der Waals surface area contributed by atoms with Gasteiger partial charge in [0.1, 0.15) is 6.61 Å². The lowest BCUT2D eigenvalue weighted by molar-refractivity contribution is -0.121. The van der Waals surface area contributed by atoms with E-state index >= 15 is 0 Å². The summed E-state index contributed by atoms with van der Waals surface area (Å²) >= 11 is 0. The van der Waals surface area contributed by atoms with E-state index in [0.29, 0.717) is 24.6 Å². The minimum atomic E-state index is -0.141. The Morgan fingerprint density at radius 3 is 2.61 bits per heavy atom. The number of aromatic nitrogens is 1. The van der Waals surface area contributed by atoms with Gasteiger partial charge in [-0.2, -0.15) is 0 Å². The van der Waals surface area contributed by atoms with Gasteiger partial charge in [0.2, 0.25) is 11.8 Å². The van der Waals surface area contributed by atoms with Crippen LogP contribution in [0.15, 0.2) is 66.9 Å². The molecule has 0 spiro atoms. The number of hydrogen-bond acceptors (Lipinski definition) is 4. The third kappa shape index (κ3) is 5.79. The molecule has 0 bridgehead atoms. The molecule has 0 atom stereocenters. The van der Waals surface area contributed by atoms with Crippen molar-refractivity contribution in [3.63, 3.8) is 0 Å². The first-order chi connectivity index (χ1) is 15.2. The van der Waals surface area contributed by atoms with Crippen molar-refractivity contribution in [3.8, 4) is 5.88 Å². The molecule has 4 rings (SSSR count). The van der Waals surface area contributed by atoms with E-state index in [2.05, 4.69) is 16.4 Å². The zero-order chi connectivity index (χ0) is 21.5. The highest BCUT2D eigenvalue weighted by Crippen LogP contribution is 2.23. The van der Waals surface area contributed by atoms with Crippen LogP contribution < -0.4 is 10.1 Å². The molecule has 5 heteroatoms. The summed E-state index contributed by atoms with van der Waals surface area (Å²) in [5, 5.41) is 2.87.